The highest BCUT2D eigenvalue weighted by molar-refractivity contribution is 4.65. The second-order valence-electron chi connectivity index (χ2n) is 3.47. The van der Waals surface area contributed by atoms with Gasteiger partial charge in [0.05, 0.1) is 0 Å². The van der Waals surface area contributed by atoms with Gasteiger partial charge < -0.3 is 6.15 Å². The van der Waals surface area contributed by atoms with E-state index < -0.39 is 0 Å². The summed E-state index contributed by atoms with van der Waals surface area (Å²) in [7, 11) is 0. The molecule has 0 aliphatic heterocycles. The van der Waals surface area contributed by atoms with E-state index >= 15 is 0 Å². The zero-order chi connectivity index (χ0) is 8.53. The Balaban J connectivity index is 0. The van der Waals surface area contributed by atoms with E-state index in [-0.39, 0.29) is 6.15 Å². The first-order valence-electron chi connectivity index (χ1n) is 4.92. The Morgan fingerprint density at radius 3 is 2.42 bits per heavy atom. The minimum atomic E-state index is 0. The molecular weight excluding hydrogens is 146 g/mol. The number of hydrogen-bond donors (Lipinski definition) is 1. The Morgan fingerprint density at radius 2 is 1.92 bits per heavy atom. The van der Waals surface area contributed by atoms with Crippen LogP contribution in [0.25, 0.3) is 0 Å². The Morgan fingerprint density at radius 1 is 1.25 bits per heavy atom. The third-order valence-corrected chi connectivity index (χ3v) is 2.14. The highest BCUT2D eigenvalue weighted by Crippen LogP contribution is 2.14. The molecule has 0 saturated heterocycles. The van der Waals surface area contributed by atoms with Gasteiger partial charge in [0.2, 0.25) is 0 Å². The molecule has 74 valence electrons. The largest absolute Gasteiger partial charge is 0.344 e. The van der Waals surface area contributed by atoms with Crippen molar-refractivity contribution in [2.45, 2.75) is 52.4 Å². The van der Waals surface area contributed by atoms with Gasteiger partial charge in [-0.1, -0.05) is 45.6 Å². The average Bonchev–Trinajstić information content (AvgIpc) is 1.99. The predicted octanol–water partition coefficient (Wildman–Crippen LogP) is 4.33. The van der Waals surface area contributed by atoms with Gasteiger partial charge in [-0.3, -0.25) is 0 Å². The van der Waals surface area contributed by atoms with Gasteiger partial charge in [-0.2, -0.15) is 0 Å². The van der Waals surface area contributed by atoms with Gasteiger partial charge in [0.25, 0.3) is 0 Å². The quantitative estimate of drug-likeness (QED) is 0.449. The summed E-state index contributed by atoms with van der Waals surface area (Å²) in [4.78, 5) is 0. The third-order valence-electron chi connectivity index (χ3n) is 2.14. The zero-order valence-corrected chi connectivity index (χ0v) is 8.81. The first kappa shape index (κ1) is 14.2. The molecule has 0 aliphatic rings. The van der Waals surface area contributed by atoms with E-state index in [1.54, 1.807) is 0 Å². The minimum absolute atomic E-state index is 0. The van der Waals surface area contributed by atoms with Crippen molar-refractivity contribution in [1.29, 1.82) is 0 Å². The fraction of sp³-hybridized carbons (Fsp3) is 0.818. The summed E-state index contributed by atoms with van der Waals surface area (Å²) in [5, 5.41) is 0. The van der Waals surface area contributed by atoms with Crippen LogP contribution in [0, 0.1) is 5.92 Å². The molecule has 1 atom stereocenters. The first-order chi connectivity index (χ1) is 5.31. The summed E-state index contributed by atoms with van der Waals surface area (Å²) in [5.41, 5.74) is 0. The van der Waals surface area contributed by atoms with Crippen molar-refractivity contribution in [3.63, 3.8) is 0 Å². The molecule has 0 spiro atoms. The molecule has 0 heterocycles. The molecule has 0 aromatic heterocycles. The van der Waals surface area contributed by atoms with Crippen molar-refractivity contribution >= 4 is 0 Å². The molecule has 0 rings (SSSR count). The van der Waals surface area contributed by atoms with Crippen LogP contribution in [0.1, 0.15) is 52.4 Å². The molecule has 0 aromatic rings. The van der Waals surface area contributed by atoms with Crippen molar-refractivity contribution in [1.82, 2.24) is 6.15 Å². The summed E-state index contributed by atoms with van der Waals surface area (Å²) in [6.07, 6.45) is 10.1. The van der Waals surface area contributed by atoms with Gasteiger partial charge in [0, 0.05) is 0 Å². The van der Waals surface area contributed by atoms with Crippen LogP contribution in [0.4, 0.5) is 0 Å². The minimum Gasteiger partial charge on any atom is -0.344 e. The van der Waals surface area contributed by atoms with Crippen molar-refractivity contribution in [2.24, 2.45) is 5.92 Å². The SMILES string of the molecule is C=CCCCCC(C)CCC.N. The Hall–Kier alpha value is -0.300. The van der Waals surface area contributed by atoms with Gasteiger partial charge in [-0.25, -0.2) is 0 Å². The Kier molecular flexibility index (Phi) is 12.7. The molecule has 0 amide bonds. The van der Waals surface area contributed by atoms with Gasteiger partial charge in [-0.15, -0.1) is 6.58 Å². The molecule has 12 heavy (non-hydrogen) atoms. The van der Waals surface area contributed by atoms with Crippen LogP contribution in [-0.2, 0) is 0 Å². The summed E-state index contributed by atoms with van der Waals surface area (Å²) in [6.45, 7) is 8.34. The maximum atomic E-state index is 3.71. The van der Waals surface area contributed by atoms with Crippen LogP contribution >= 0.6 is 0 Å². The van der Waals surface area contributed by atoms with Crippen LogP contribution in [-0.4, -0.2) is 0 Å². The van der Waals surface area contributed by atoms with Crippen molar-refractivity contribution in [3.8, 4) is 0 Å². The van der Waals surface area contributed by atoms with Crippen LogP contribution in [0.3, 0.4) is 0 Å². The van der Waals surface area contributed by atoms with Gasteiger partial charge >= 0.3 is 0 Å². The van der Waals surface area contributed by atoms with Gasteiger partial charge in [-0.05, 0) is 18.8 Å². The molecular formula is C11H25N. The lowest BCUT2D eigenvalue weighted by Crippen LogP contribution is -1.92. The standard InChI is InChI=1S/C11H22.H3N/c1-4-6-7-8-10-11(3)9-5-2;/h4,11H,1,5-10H2,2-3H3;1H3. The van der Waals surface area contributed by atoms with E-state index in [1.807, 2.05) is 6.08 Å². The normalized spacial score (nSPS) is 11.8. The maximum absolute atomic E-state index is 3.71. The summed E-state index contributed by atoms with van der Waals surface area (Å²) >= 11 is 0. The van der Waals surface area contributed by atoms with Crippen molar-refractivity contribution in [2.75, 3.05) is 0 Å². The molecule has 1 nitrogen and oxygen atoms in total. The number of hydrogen-bond acceptors (Lipinski definition) is 1. The van der Waals surface area contributed by atoms with E-state index in [0.717, 1.165) is 5.92 Å². The van der Waals surface area contributed by atoms with Crippen LogP contribution in [0.2, 0.25) is 0 Å². The highest BCUT2D eigenvalue weighted by Gasteiger charge is 1.98. The summed E-state index contributed by atoms with van der Waals surface area (Å²) in [5.74, 6) is 0.935. The number of allylic oxidation sites excluding steroid dienone is 1. The molecule has 0 radical (unpaired) electrons. The molecule has 0 bridgehead atoms. The second-order valence-corrected chi connectivity index (χ2v) is 3.47. The molecule has 0 saturated carbocycles. The van der Waals surface area contributed by atoms with E-state index in [9.17, 15) is 0 Å². The monoisotopic (exact) mass is 171 g/mol. The number of unbranched alkanes of at least 4 members (excludes halogenated alkanes) is 2. The molecule has 0 fully saturated rings. The lowest BCUT2D eigenvalue weighted by atomic mass is 9.99. The summed E-state index contributed by atoms with van der Waals surface area (Å²) in [6, 6.07) is 0. The highest BCUT2D eigenvalue weighted by atomic mass is 14.0. The molecule has 0 aromatic carbocycles. The van der Waals surface area contributed by atoms with Crippen LogP contribution < -0.4 is 6.15 Å². The first-order valence-corrected chi connectivity index (χ1v) is 4.92. The van der Waals surface area contributed by atoms with Gasteiger partial charge in [0.1, 0.15) is 0 Å². The molecule has 1 unspecified atom stereocenters. The average molecular weight is 171 g/mol. The maximum Gasteiger partial charge on any atom is -0.0353 e. The fourth-order valence-electron chi connectivity index (χ4n) is 1.42. The Labute approximate surface area is 77.8 Å². The Bertz CT molecular complexity index is 89.0. The fourth-order valence-corrected chi connectivity index (χ4v) is 1.42. The molecule has 0 aliphatic carbocycles. The van der Waals surface area contributed by atoms with Crippen molar-refractivity contribution < 1.29 is 0 Å². The lowest BCUT2D eigenvalue weighted by Gasteiger charge is -2.07. The van der Waals surface area contributed by atoms with Gasteiger partial charge in [0.15, 0.2) is 0 Å². The number of rotatable bonds is 7. The van der Waals surface area contributed by atoms with Crippen LogP contribution in [0.15, 0.2) is 12.7 Å². The van der Waals surface area contributed by atoms with E-state index in [2.05, 4.69) is 20.4 Å². The second kappa shape index (κ2) is 10.7. The van der Waals surface area contributed by atoms with Crippen LogP contribution in [0.5, 0.6) is 0 Å². The zero-order valence-electron chi connectivity index (χ0n) is 8.81. The topological polar surface area (TPSA) is 35.0 Å². The molecule has 3 N–H and O–H groups in total. The third kappa shape index (κ3) is 9.70. The lowest BCUT2D eigenvalue weighted by molar-refractivity contribution is 0.462. The van der Waals surface area contributed by atoms with E-state index in [4.69, 9.17) is 0 Å². The predicted molar refractivity (Wildman–Crippen MR) is 57.8 cm³/mol. The summed E-state index contributed by atoms with van der Waals surface area (Å²) < 4.78 is 0. The smallest absolute Gasteiger partial charge is 0.0353 e. The molecule has 1 heteroatoms. The van der Waals surface area contributed by atoms with Crippen molar-refractivity contribution in [3.05, 3.63) is 12.7 Å². The van der Waals surface area contributed by atoms with E-state index in [1.165, 1.54) is 38.5 Å². The van der Waals surface area contributed by atoms with E-state index in [0.29, 0.717) is 0 Å².